The van der Waals surface area contributed by atoms with Crippen LogP contribution in [0.3, 0.4) is 0 Å². The number of thiazole rings is 1. The number of ether oxygens (including phenoxy) is 1. The van der Waals surface area contributed by atoms with Gasteiger partial charge in [0, 0.05) is 50.6 Å². The fourth-order valence-corrected chi connectivity index (χ4v) is 3.45. The third kappa shape index (κ3) is 4.05. The van der Waals surface area contributed by atoms with Crippen LogP contribution in [0.4, 0.5) is 9.93 Å². The number of hydrogen-bond acceptors (Lipinski definition) is 7. The van der Waals surface area contributed by atoms with E-state index in [1.54, 1.807) is 24.1 Å². The monoisotopic (exact) mass is 388 g/mol. The molecule has 3 heterocycles. The van der Waals surface area contributed by atoms with E-state index in [1.165, 1.54) is 30.3 Å². The maximum Gasteiger partial charge on any atom is 0.323 e. The molecule has 3 aromatic heterocycles. The van der Waals surface area contributed by atoms with Crippen LogP contribution in [0, 0.1) is 0 Å². The molecule has 0 saturated heterocycles. The van der Waals surface area contributed by atoms with Crippen molar-refractivity contribution in [2.75, 3.05) is 26.0 Å². The highest BCUT2D eigenvalue weighted by atomic mass is 32.1. The SMILES string of the molecule is COc1ncc(-c2cnn(C)c2)c2sc(NC(=O)N(C)CCC(C)=O)nc12. The molecule has 0 aliphatic heterocycles. The van der Waals surface area contributed by atoms with E-state index >= 15 is 0 Å². The molecule has 0 spiro atoms. The summed E-state index contributed by atoms with van der Waals surface area (Å²) in [5.74, 6) is 0.422. The summed E-state index contributed by atoms with van der Waals surface area (Å²) >= 11 is 1.33. The van der Waals surface area contributed by atoms with E-state index in [2.05, 4.69) is 20.4 Å². The second kappa shape index (κ2) is 7.70. The highest BCUT2D eigenvalue weighted by Gasteiger charge is 2.18. The van der Waals surface area contributed by atoms with Crippen molar-refractivity contribution in [3.8, 4) is 17.0 Å². The predicted octanol–water partition coefficient (Wildman–Crippen LogP) is 2.54. The van der Waals surface area contributed by atoms with Crippen molar-refractivity contribution in [3.05, 3.63) is 18.6 Å². The summed E-state index contributed by atoms with van der Waals surface area (Å²) in [6.07, 6.45) is 5.65. The van der Waals surface area contributed by atoms with E-state index in [4.69, 9.17) is 4.74 Å². The van der Waals surface area contributed by atoms with Gasteiger partial charge in [-0.1, -0.05) is 11.3 Å². The van der Waals surface area contributed by atoms with E-state index in [0.717, 1.165) is 15.8 Å². The Morgan fingerprint density at radius 3 is 2.78 bits per heavy atom. The van der Waals surface area contributed by atoms with Crippen LogP contribution in [0.1, 0.15) is 13.3 Å². The average molecular weight is 388 g/mol. The summed E-state index contributed by atoms with van der Waals surface area (Å²) in [5.41, 5.74) is 2.34. The lowest BCUT2D eigenvalue weighted by molar-refractivity contribution is -0.117. The number of carbonyl (C=O) groups excluding carboxylic acids is 2. The second-order valence-electron chi connectivity index (χ2n) is 6.08. The van der Waals surface area contributed by atoms with Crippen LogP contribution in [0.5, 0.6) is 5.88 Å². The largest absolute Gasteiger partial charge is 0.479 e. The number of urea groups is 1. The van der Waals surface area contributed by atoms with E-state index in [1.807, 2.05) is 13.2 Å². The molecule has 3 rings (SSSR count). The summed E-state index contributed by atoms with van der Waals surface area (Å²) in [4.78, 5) is 33.7. The first-order valence-electron chi connectivity index (χ1n) is 8.23. The molecule has 27 heavy (non-hydrogen) atoms. The molecule has 0 saturated carbocycles. The number of ketones is 1. The molecule has 0 bridgehead atoms. The van der Waals surface area contributed by atoms with Gasteiger partial charge in [0.15, 0.2) is 5.13 Å². The maximum absolute atomic E-state index is 12.3. The number of hydrogen-bond donors (Lipinski definition) is 1. The van der Waals surface area contributed by atoms with Crippen LogP contribution in [0.25, 0.3) is 21.3 Å². The summed E-state index contributed by atoms with van der Waals surface area (Å²) in [7, 11) is 5.00. The second-order valence-corrected chi connectivity index (χ2v) is 7.08. The van der Waals surface area contributed by atoms with Gasteiger partial charge in [-0.2, -0.15) is 5.10 Å². The first-order valence-corrected chi connectivity index (χ1v) is 9.04. The number of aromatic nitrogens is 4. The molecule has 2 amide bonds. The van der Waals surface area contributed by atoms with E-state index in [0.29, 0.717) is 29.5 Å². The minimum atomic E-state index is -0.329. The first-order chi connectivity index (χ1) is 12.9. The molecule has 0 aliphatic carbocycles. The Morgan fingerprint density at radius 1 is 1.37 bits per heavy atom. The number of Topliss-reactive ketones (excluding diaryl/α,β-unsaturated/α-hetero) is 1. The van der Waals surface area contributed by atoms with Gasteiger partial charge in [0.25, 0.3) is 0 Å². The molecule has 0 fully saturated rings. The number of amides is 2. The molecular weight excluding hydrogens is 368 g/mol. The number of rotatable bonds is 6. The first kappa shape index (κ1) is 18.8. The predicted molar refractivity (Wildman–Crippen MR) is 103 cm³/mol. The van der Waals surface area contributed by atoms with Gasteiger partial charge in [-0.25, -0.2) is 14.8 Å². The van der Waals surface area contributed by atoms with Crippen LogP contribution < -0.4 is 10.1 Å². The summed E-state index contributed by atoms with van der Waals surface area (Å²) in [5, 5.41) is 7.39. The minimum Gasteiger partial charge on any atom is -0.479 e. The Balaban J connectivity index is 1.91. The lowest BCUT2D eigenvalue weighted by atomic mass is 10.1. The lowest BCUT2D eigenvalue weighted by Gasteiger charge is -2.15. The number of aryl methyl sites for hydroxylation is 1. The fourth-order valence-electron chi connectivity index (χ4n) is 2.47. The van der Waals surface area contributed by atoms with Crippen molar-refractivity contribution in [1.82, 2.24) is 24.6 Å². The van der Waals surface area contributed by atoms with E-state index in [9.17, 15) is 9.59 Å². The van der Waals surface area contributed by atoms with Crippen LogP contribution in [0.15, 0.2) is 18.6 Å². The summed E-state index contributed by atoms with van der Waals surface area (Å²) in [6.45, 7) is 1.84. The van der Waals surface area contributed by atoms with Gasteiger partial charge in [-0.05, 0) is 6.92 Å². The summed E-state index contributed by atoms with van der Waals surface area (Å²) in [6, 6.07) is -0.329. The Morgan fingerprint density at radius 2 is 2.15 bits per heavy atom. The fraction of sp³-hybridized carbons (Fsp3) is 0.353. The maximum atomic E-state index is 12.3. The standard InChI is InChI=1S/C17H20N6O3S/c1-10(24)5-6-22(2)17(25)21-16-20-13-14(27-16)12(8-18-15(13)26-4)11-7-19-23(3)9-11/h7-9H,5-6H2,1-4H3,(H,20,21,25). The molecule has 9 nitrogen and oxygen atoms in total. The molecule has 0 aliphatic rings. The van der Waals surface area contributed by atoms with Crippen LogP contribution in [0.2, 0.25) is 0 Å². The third-order valence-electron chi connectivity index (χ3n) is 3.95. The third-order valence-corrected chi connectivity index (χ3v) is 4.96. The number of pyridine rings is 1. The number of methoxy groups -OCH3 is 1. The van der Waals surface area contributed by atoms with Crippen molar-refractivity contribution >= 4 is 38.5 Å². The molecule has 142 valence electrons. The zero-order valence-electron chi connectivity index (χ0n) is 15.5. The Labute approximate surface area is 160 Å². The number of carbonyl (C=O) groups is 2. The normalized spacial score (nSPS) is 10.8. The molecule has 3 aromatic rings. The Hall–Kier alpha value is -3.01. The average Bonchev–Trinajstić information content (AvgIpc) is 3.24. The van der Waals surface area contributed by atoms with Gasteiger partial charge >= 0.3 is 6.03 Å². The zero-order valence-corrected chi connectivity index (χ0v) is 16.3. The smallest absolute Gasteiger partial charge is 0.323 e. The molecule has 10 heteroatoms. The molecular formula is C17H20N6O3S. The summed E-state index contributed by atoms with van der Waals surface area (Å²) < 4.78 is 7.86. The van der Waals surface area contributed by atoms with Gasteiger partial charge in [0.05, 0.1) is 18.0 Å². The quantitative estimate of drug-likeness (QED) is 0.696. The van der Waals surface area contributed by atoms with E-state index in [-0.39, 0.29) is 11.8 Å². The number of nitrogens with one attached hydrogen (secondary N) is 1. The topological polar surface area (TPSA) is 102 Å². The lowest BCUT2D eigenvalue weighted by Crippen LogP contribution is -2.32. The van der Waals surface area contributed by atoms with Gasteiger partial charge in [-0.15, -0.1) is 0 Å². The molecule has 0 radical (unpaired) electrons. The molecule has 0 unspecified atom stereocenters. The van der Waals surface area contributed by atoms with Gasteiger partial charge in [0.1, 0.15) is 11.3 Å². The highest BCUT2D eigenvalue weighted by molar-refractivity contribution is 7.23. The van der Waals surface area contributed by atoms with Crippen molar-refractivity contribution in [2.24, 2.45) is 7.05 Å². The Bertz CT molecular complexity index is 996. The van der Waals surface area contributed by atoms with Crippen molar-refractivity contribution in [1.29, 1.82) is 0 Å². The van der Waals surface area contributed by atoms with Gasteiger partial charge in [-0.3, -0.25) is 14.8 Å². The zero-order chi connectivity index (χ0) is 19.6. The van der Waals surface area contributed by atoms with Crippen molar-refractivity contribution in [3.63, 3.8) is 0 Å². The van der Waals surface area contributed by atoms with Crippen LogP contribution >= 0.6 is 11.3 Å². The minimum absolute atomic E-state index is 0.0339. The molecule has 1 N–H and O–H groups in total. The van der Waals surface area contributed by atoms with Crippen molar-refractivity contribution in [2.45, 2.75) is 13.3 Å². The number of anilines is 1. The number of fused-ring (bicyclic) bond motifs is 1. The molecule has 0 aromatic carbocycles. The van der Waals surface area contributed by atoms with Crippen LogP contribution in [-0.2, 0) is 11.8 Å². The van der Waals surface area contributed by atoms with Crippen LogP contribution in [-0.4, -0.2) is 57.2 Å². The molecule has 0 atom stereocenters. The van der Waals surface area contributed by atoms with E-state index < -0.39 is 0 Å². The Kier molecular flexibility index (Phi) is 5.36. The highest BCUT2D eigenvalue weighted by Crippen LogP contribution is 2.38. The van der Waals surface area contributed by atoms with Gasteiger partial charge in [0.2, 0.25) is 5.88 Å². The van der Waals surface area contributed by atoms with Crippen molar-refractivity contribution < 1.29 is 14.3 Å². The van der Waals surface area contributed by atoms with Gasteiger partial charge < -0.3 is 9.64 Å². The number of nitrogens with zero attached hydrogens (tertiary/aromatic N) is 5.